The van der Waals surface area contributed by atoms with E-state index in [2.05, 4.69) is 4.98 Å². The number of hydrogen-bond acceptors (Lipinski definition) is 4. The Kier molecular flexibility index (Phi) is 1.87. The molecule has 0 radical (unpaired) electrons. The maximum atomic E-state index is 11.4. The van der Waals surface area contributed by atoms with Crippen LogP contribution in [0, 0.1) is 0 Å². The van der Waals surface area contributed by atoms with Crippen molar-refractivity contribution >= 4 is 17.1 Å². The summed E-state index contributed by atoms with van der Waals surface area (Å²) in [6.45, 7) is 1.65. The lowest BCUT2D eigenvalue weighted by Crippen LogP contribution is -2.14. The van der Waals surface area contributed by atoms with Gasteiger partial charge in [-0.2, -0.15) is 0 Å². The minimum absolute atomic E-state index is 0.200. The Morgan fingerprint density at radius 3 is 2.77 bits per heavy atom. The molecule has 1 heterocycles. The Morgan fingerprint density at radius 2 is 2.38 bits per heavy atom. The van der Waals surface area contributed by atoms with Crippen molar-refractivity contribution in [1.82, 2.24) is 4.98 Å². The lowest BCUT2D eigenvalue weighted by molar-refractivity contribution is -0.119. The molecule has 13 heavy (non-hydrogen) atoms. The Bertz CT molecular complexity index is 341. The third kappa shape index (κ3) is 1.25. The molecule has 0 saturated heterocycles. The van der Waals surface area contributed by atoms with Gasteiger partial charge in [-0.15, -0.1) is 0 Å². The second-order valence-electron chi connectivity index (χ2n) is 3.33. The molecule has 2 rings (SSSR count). The van der Waals surface area contributed by atoms with E-state index in [0.29, 0.717) is 5.19 Å². The van der Waals surface area contributed by atoms with E-state index < -0.39 is 0 Å². The lowest BCUT2D eigenvalue weighted by Gasteiger charge is -2.05. The third-order valence-electron chi connectivity index (χ3n) is 2.55. The van der Waals surface area contributed by atoms with Gasteiger partial charge in [-0.05, 0) is 19.8 Å². The normalized spacial score (nSPS) is 18.3. The van der Waals surface area contributed by atoms with Crippen LogP contribution in [-0.4, -0.2) is 17.9 Å². The van der Waals surface area contributed by atoms with Gasteiger partial charge in [0.2, 0.25) is 0 Å². The fraction of sp³-hybridized carbons (Fsp3) is 0.556. The third-order valence-corrected chi connectivity index (χ3v) is 3.72. The molecular formula is C9H11NO2S. The van der Waals surface area contributed by atoms with E-state index in [1.54, 1.807) is 20.2 Å². The summed E-state index contributed by atoms with van der Waals surface area (Å²) in [4.78, 5) is 16.5. The predicted octanol–water partition coefficient (Wildman–Crippen LogP) is 1.77. The number of carbonyl (C=O) groups is 1. The molecule has 1 aromatic rings. The molecule has 0 unspecified atom stereocenters. The summed E-state index contributed by atoms with van der Waals surface area (Å²) < 4.78 is 4.99. The van der Waals surface area contributed by atoms with Crippen LogP contribution in [0.5, 0.6) is 5.19 Å². The zero-order valence-electron chi connectivity index (χ0n) is 7.66. The minimum atomic E-state index is -0.200. The highest BCUT2D eigenvalue weighted by Gasteiger charge is 2.50. The highest BCUT2D eigenvalue weighted by atomic mass is 32.1. The van der Waals surface area contributed by atoms with Gasteiger partial charge in [0.15, 0.2) is 0 Å². The van der Waals surface area contributed by atoms with Crippen molar-refractivity contribution in [3.05, 3.63) is 11.1 Å². The minimum Gasteiger partial charge on any atom is -0.473 e. The van der Waals surface area contributed by atoms with Crippen LogP contribution in [0.1, 0.15) is 24.6 Å². The maximum absolute atomic E-state index is 11.4. The molecule has 0 atom stereocenters. The number of rotatable bonds is 3. The fourth-order valence-electron chi connectivity index (χ4n) is 1.47. The number of ether oxygens (including phenoxy) is 1. The highest BCUT2D eigenvalue weighted by Crippen LogP contribution is 2.51. The second-order valence-corrected chi connectivity index (χ2v) is 4.33. The highest BCUT2D eigenvalue weighted by molar-refractivity contribution is 7.13. The number of carbonyl (C=O) groups excluding carboxylic acids is 1. The molecule has 0 N–H and O–H groups in total. The predicted molar refractivity (Wildman–Crippen MR) is 50.3 cm³/mol. The van der Waals surface area contributed by atoms with Crippen molar-refractivity contribution in [2.24, 2.45) is 0 Å². The number of aromatic nitrogens is 1. The Morgan fingerprint density at radius 1 is 1.69 bits per heavy atom. The van der Waals surface area contributed by atoms with E-state index in [1.165, 1.54) is 11.3 Å². The van der Waals surface area contributed by atoms with Crippen LogP contribution < -0.4 is 4.74 Å². The molecule has 0 amide bonds. The molecule has 1 aliphatic rings. The van der Waals surface area contributed by atoms with Crippen molar-refractivity contribution in [2.75, 3.05) is 7.11 Å². The molecule has 0 aromatic carbocycles. The summed E-state index contributed by atoms with van der Waals surface area (Å²) in [5, 5.41) is 0.641. The lowest BCUT2D eigenvalue weighted by atomic mass is 10.0. The summed E-state index contributed by atoms with van der Waals surface area (Å²) in [5.74, 6) is 0.249. The standard InChI is InChI=1S/C9H11NO2S/c1-6(11)9(3-4-9)7-5-10-8(12-2)13-7/h5H,3-4H2,1-2H3. The summed E-state index contributed by atoms with van der Waals surface area (Å²) in [5.41, 5.74) is -0.200. The first-order valence-electron chi connectivity index (χ1n) is 4.20. The van der Waals surface area contributed by atoms with Gasteiger partial charge in [-0.1, -0.05) is 11.3 Å². The van der Waals surface area contributed by atoms with E-state index in [-0.39, 0.29) is 11.2 Å². The maximum Gasteiger partial charge on any atom is 0.273 e. The van der Waals surface area contributed by atoms with Gasteiger partial charge in [0.25, 0.3) is 5.19 Å². The number of thiazole rings is 1. The van der Waals surface area contributed by atoms with Crippen molar-refractivity contribution in [3.63, 3.8) is 0 Å². The fourth-order valence-corrected chi connectivity index (χ4v) is 2.50. The number of hydrogen-bond donors (Lipinski definition) is 0. The smallest absolute Gasteiger partial charge is 0.273 e. The van der Waals surface area contributed by atoms with Crippen molar-refractivity contribution < 1.29 is 9.53 Å². The molecule has 0 bridgehead atoms. The zero-order chi connectivity index (χ0) is 9.47. The van der Waals surface area contributed by atoms with Crippen LogP contribution >= 0.6 is 11.3 Å². The van der Waals surface area contributed by atoms with Gasteiger partial charge in [0.05, 0.1) is 12.5 Å². The first kappa shape index (κ1) is 8.69. The Balaban J connectivity index is 2.30. The van der Waals surface area contributed by atoms with Gasteiger partial charge in [-0.3, -0.25) is 4.79 Å². The zero-order valence-corrected chi connectivity index (χ0v) is 8.48. The van der Waals surface area contributed by atoms with Crippen molar-refractivity contribution in [2.45, 2.75) is 25.2 Å². The second kappa shape index (κ2) is 2.80. The topological polar surface area (TPSA) is 39.2 Å². The summed E-state index contributed by atoms with van der Waals surface area (Å²) in [6.07, 6.45) is 3.69. The monoisotopic (exact) mass is 197 g/mol. The molecule has 0 aliphatic heterocycles. The average Bonchev–Trinajstić information content (AvgIpc) is 2.79. The van der Waals surface area contributed by atoms with Crippen LogP contribution in [0.2, 0.25) is 0 Å². The molecule has 70 valence electrons. The van der Waals surface area contributed by atoms with E-state index in [0.717, 1.165) is 17.7 Å². The van der Waals surface area contributed by atoms with Gasteiger partial charge >= 0.3 is 0 Å². The first-order chi connectivity index (χ1) is 6.19. The van der Waals surface area contributed by atoms with E-state index in [9.17, 15) is 4.79 Å². The van der Waals surface area contributed by atoms with Gasteiger partial charge in [0, 0.05) is 11.1 Å². The van der Waals surface area contributed by atoms with E-state index in [1.807, 2.05) is 0 Å². The van der Waals surface area contributed by atoms with E-state index >= 15 is 0 Å². The quantitative estimate of drug-likeness (QED) is 0.741. The molecule has 3 nitrogen and oxygen atoms in total. The van der Waals surface area contributed by atoms with Gasteiger partial charge < -0.3 is 4.74 Å². The Labute approximate surface area is 80.8 Å². The van der Waals surface area contributed by atoms with Gasteiger partial charge in [-0.25, -0.2) is 4.98 Å². The molecule has 4 heteroatoms. The molecule has 1 saturated carbocycles. The molecule has 0 spiro atoms. The largest absolute Gasteiger partial charge is 0.473 e. The van der Waals surface area contributed by atoms with Crippen LogP contribution in [0.4, 0.5) is 0 Å². The molecule has 1 fully saturated rings. The SMILES string of the molecule is COc1ncc(C2(C(C)=O)CC2)s1. The summed E-state index contributed by atoms with van der Waals surface area (Å²) in [6, 6.07) is 0. The number of methoxy groups -OCH3 is 1. The van der Waals surface area contributed by atoms with Crippen LogP contribution in [0.25, 0.3) is 0 Å². The van der Waals surface area contributed by atoms with Crippen molar-refractivity contribution in [1.29, 1.82) is 0 Å². The number of Topliss-reactive ketones (excluding diaryl/α,β-unsaturated/α-hetero) is 1. The van der Waals surface area contributed by atoms with Crippen LogP contribution in [0.3, 0.4) is 0 Å². The molecular weight excluding hydrogens is 186 g/mol. The molecule has 1 aliphatic carbocycles. The van der Waals surface area contributed by atoms with Crippen LogP contribution in [-0.2, 0) is 10.2 Å². The Hall–Kier alpha value is -0.900. The number of nitrogens with zero attached hydrogens (tertiary/aromatic N) is 1. The number of ketones is 1. The summed E-state index contributed by atoms with van der Waals surface area (Å²) in [7, 11) is 1.59. The summed E-state index contributed by atoms with van der Waals surface area (Å²) >= 11 is 1.48. The van der Waals surface area contributed by atoms with Crippen molar-refractivity contribution in [3.8, 4) is 5.19 Å². The van der Waals surface area contributed by atoms with Gasteiger partial charge in [0.1, 0.15) is 5.78 Å². The van der Waals surface area contributed by atoms with Crippen LogP contribution in [0.15, 0.2) is 6.20 Å². The first-order valence-corrected chi connectivity index (χ1v) is 5.02. The van der Waals surface area contributed by atoms with E-state index in [4.69, 9.17) is 4.74 Å². The molecule has 1 aromatic heterocycles. The average molecular weight is 197 g/mol.